The summed E-state index contributed by atoms with van der Waals surface area (Å²) in [7, 11) is 8.72. The van der Waals surface area contributed by atoms with Crippen molar-refractivity contribution in [3.63, 3.8) is 0 Å². The molecule has 1 aromatic carbocycles. The second kappa shape index (κ2) is 10.5. The molecule has 0 atom stereocenters. The fraction of sp³-hybridized carbons (Fsp3) is 0.435. The van der Waals surface area contributed by atoms with Gasteiger partial charge in [-0.2, -0.15) is 17.2 Å². The lowest BCUT2D eigenvalue weighted by Gasteiger charge is -2.28. The number of hydrogen-bond acceptors (Lipinski definition) is 2. The average molecular weight is 386 g/mol. The minimum atomic E-state index is 0.949. The molecule has 0 N–H and O–H groups in total. The van der Waals surface area contributed by atoms with Crippen molar-refractivity contribution >= 4 is 30.5 Å². The molecule has 3 nitrogen and oxygen atoms in total. The van der Waals surface area contributed by atoms with Gasteiger partial charge in [0.1, 0.15) is 6.54 Å². The van der Waals surface area contributed by atoms with Crippen LogP contribution in [0.2, 0.25) is 0 Å². The van der Waals surface area contributed by atoms with Gasteiger partial charge >= 0.3 is 0 Å². The Hall–Kier alpha value is -1.78. The summed E-state index contributed by atoms with van der Waals surface area (Å²) in [5, 5.41) is 0. The Balaban J connectivity index is 1.95. The number of aryl methyl sites for hydroxylation is 1. The van der Waals surface area contributed by atoms with E-state index in [0.29, 0.717) is 0 Å². The van der Waals surface area contributed by atoms with Crippen LogP contribution in [-0.4, -0.2) is 51.5 Å². The highest BCUT2D eigenvalue weighted by Gasteiger charge is 2.14. The van der Waals surface area contributed by atoms with Gasteiger partial charge in [0.2, 0.25) is 5.69 Å². The van der Waals surface area contributed by atoms with Gasteiger partial charge in [0.25, 0.3) is 0 Å². The first kappa shape index (κ1) is 21.5. The van der Waals surface area contributed by atoms with Crippen molar-refractivity contribution in [1.82, 2.24) is 0 Å². The third-order valence-corrected chi connectivity index (χ3v) is 5.15. The lowest BCUT2D eigenvalue weighted by molar-refractivity contribution is -0.888. The molecule has 0 aliphatic carbocycles. The first-order valence-electron chi connectivity index (χ1n) is 9.78. The number of nitrogens with zero attached hydrogens (tertiary/aromatic N) is 3. The van der Waals surface area contributed by atoms with Crippen molar-refractivity contribution in [3.8, 4) is 0 Å². The van der Waals surface area contributed by atoms with E-state index >= 15 is 0 Å². The Morgan fingerprint density at radius 3 is 2.37 bits per heavy atom. The average Bonchev–Trinajstić information content (AvgIpc) is 2.64. The number of anilines is 1. The first-order chi connectivity index (χ1) is 12.9. The molecule has 0 fully saturated rings. The van der Waals surface area contributed by atoms with Crippen molar-refractivity contribution in [2.24, 2.45) is 0 Å². The van der Waals surface area contributed by atoms with Gasteiger partial charge in [0.05, 0.1) is 27.2 Å². The molecule has 0 saturated heterocycles. The van der Waals surface area contributed by atoms with Crippen molar-refractivity contribution in [2.45, 2.75) is 19.4 Å². The zero-order chi connectivity index (χ0) is 19.7. The monoisotopic (exact) mass is 385 g/mol. The van der Waals surface area contributed by atoms with E-state index in [0.717, 1.165) is 23.3 Å². The fourth-order valence-corrected chi connectivity index (χ4v) is 3.66. The predicted octanol–water partition coefficient (Wildman–Crippen LogP) is 4.00. The number of pyridine rings is 1. The largest absolute Gasteiger partial charge is 0.378 e. The Labute approximate surface area is 170 Å². The second-order valence-electron chi connectivity index (χ2n) is 7.95. The van der Waals surface area contributed by atoms with Crippen LogP contribution >= 0.6 is 12.6 Å². The van der Waals surface area contributed by atoms with Crippen LogP contribution < -0.4 is 9.47 Å². The SMILES string of the molecule is CN(C)c1ccc(/C=C/c2cccc[n+]2CCCC[N+](C)(C)CCS)cc1. The van der Waals surface area contributed by atoms with Gasteiger partial charge in [-0.3, -0.25) is 0 Å². The molecule has 0 saturated carbocycles. The Bertz CT molecular complexity index is 721. The number of quaternary nitrogens is 1. The van der Waals surface area contributed by atoms with Crippen LogP contribution in [0.4, 0.5) is 5.69 Å². The lowest BCUT2D eigenvalue weighted by Crippen LogP contribution is -2.42. The van der Waals surface area contributed by atoms with Crippen molar-refractivity contribution in [2.75, 3.05) is 51.9 Å². The highest BCUT2D eigenvalue weighted by atomic mass is 32.1. The van der Waals surface area contributed by atoms with E-state index in [1.807, 2.05) is 0 Å². The van der Waals surface area contributed by atoms with Gasteiger partial charge in [-0.25, -0.2) is 0 Å². The molecular weight excluding hydrogens is 350 g/mol. The standard InChI is InChI=1S/C23H34N3S/c1-24(2)22-13-10-21(11-14-22)12-15-23-9-5-6-16-25(23)17-7-8-18-26(3,4)19-20-27/h5-6,9-16H,7-8,17-20H2,1-4H3/q+1/p+1. The van der Waals surface area contributed by atoms with Gasteiger partial charge in [0, 0.05) is 56.6 Å². The van der Waals surface area contributed by atoms with Crippen LogP contribution in [-0.2, 0) is 6.54 Å². The van der Waals surface area contributed by atoms with Crippen LogP contribution in [0.15, 0.2) is 48.7 Å². The molecule has 1 aromatic heterocycles. The van der Waals surface area contributed by atoms with Crippen LogP contribution in [0.3, 0.4) is 0 Å². The lowest BCUT2D eigenvalue weighted by atomic mass is 10.1. The Kier molecular flexibility index (Phi) is 8.39. The third-order valence-electron chi connectivity index (χ3n) is 4.95. The molecule has 2 aromatic rings. The number of benzene rings is 1. The van der Waals surface area contributed by atoms with Crippen LogP contribution in [0.1, 0.15) is 24.1 Å². The molecule has 1 heterocycles. The normalized spacial score (nSPS) is 11.9. The van der Waals surface area contributed by atoms with E-state index in [4.69, 9.17) is 0 Å². The second-order valence-corrected chi connectivity index (χ2v) is 8.40. The van der Waals surface area contributed by atoms with Crippen LogP contribution in [0.25, 0.3) is 12.2 Å². The molecular formula is C23H35N3S+2. The number of hydrogen-bond donors (Lipinski definition) is 1. The zero-order valence-electron chi connectivity index (χ0n) is 17.3. The minimum Gasteiger partial charge on any atom is -0.378 e. The van der Waals surface area contributed by atoms with Gasteiger partial charge in [0.15, 0.2) is 6.20 Å². The van der Waals surface area contributed by atoms with Gasteiger partial charge in [-0.15, -0.1) is 0 Å². The fourth-order valence-electron chi connectivity index (χ4n) is 3.11. The summed E-state index contributed by atoms with van der Waals surface area (Å²) < 4.78 is 3.40. The summed E-state index contributed by atoms with van der Waals surface area (Å²) in [6.07, 6.45) is 9.02. The quantitative estimate of drug-likeness (QED) is 0.281. The molecule has 0 unspecified atom stereocenters. The summed E-state index contributed by atoms with van der Waals surface area (Å²) in [6.45, 7) is 3.39. The summed E-state index contributed by atoms with van der Waals surface area (Å²) in [5.41, 5.74) is 3.70. The zero-order valence-corrected chi connectivity index (χ0v) is 18.2. The number of unbranched alkanes of at least 4 members (excludes halogenated alkanes) is 1. The third kappa shape index (κ3) is 7.39. The van der Waals surface area contributed by atoms with Crippen LogP contribution in [0.5, 0.6) is 0 Å². The molecule has 0 spiro atoms. The number of aromatic nitrogens is 1. The van der Waals surface area contributed by atoms with Crippen molar-refractivity contribution < 1.29 is 9.05 Å². The molecule has 0 amide bonds. The van der Waals surface area contributed by atoms with Crippen molar-refractivity contribution in [1.29, 1.82) is 0 Å². The highest BCUT2D eigenvalue weighted by molar-refractivity contribution is 7.80. The summed E-state index contributed by atoms with van der Waals surface area (Å²) >= 11 is 4.37. The van der Waals surface area contributed by atoms with Gasteiger partial charge < -0.3 is 9.38 Å². The van der Waals surface area contributed by atoms with E-state index in [1.165, 1.54) is 36.3 Å². The maximum Gasteiger partial charge on any atom is 0.205 e. The van der Waals surface area contributed by atoms with E-state index in [9.17, 15) is 0 Å². The highest BCUT2D eigenvalue weighted by Crippen LogP contribution is 2.14. The van der Waals surface area contributed by atoms with Gasteiger partial charge in [-0.05, 0) is 29.8 Å². The molecule has 2 rings (SSSR count). The molecule has 146 valence electrons. The molecule has 0 aliphatic rings. The van der Waals surface area contributed by atoms with Crippen molar-refractivity contribution in [3.05, 3.63) is 59.9 Å². The van der Waals surface area contributed by atoms with E-state index in [-0.39, 0.29) is 0 Å². The smallest absolute Gasteiger partial charge is 0.205 e. The van der Waals surface area contributed by atoms with Gasteiger partial charge in [-0.1, -0.05) is 12.1 Å². The molecule has 4 heteroatoms. The van der Waals surface area contributed by atoms with E-state index in [2.05, 4.69) is 111 Å². The Morgan fingerprint density at radius 1 is 0.963 bits per heavy atom. The summed E-state index contributed by atoms with van der Waals surface area (Å²) in [5.74, 6) is 0.949. The minimum absolute atomic E-state index is 0.949. The van der Waals surface area contributed by atoms with E-state index < -0.39 is 0 Å². The van der Waals surface area contributed by atoms with Crippen LogP contribution in [0, 0.1) is 0 Å². The number of thiol groups is 1. The first-order valence-corrected chi connectivity index (χ1v) is 10.4. The maximum atomic E-state index is 4.37. The Morgan fingerprint density at radius 2 is 1.70 bits per heavy atom. The number of rotatable bonds is 10. The predicted molar refractivity (Wildman–Crippen MR) is 121 cm³/mol. The molecule has 0 radical (unpaired) electrons. The molecule has 27 heavy (non-hydrogen) atoms. The maximum absolute atomic E-state index is 4.37. The van der Waals surface area contributed by atoms with E-state index in [1.54, 1.807) is 0 Å². The summed E-state index contributed by atoms with van der Waals surface area (Å²) in [4.78, 5) is 2.12. The topological polar surface area (TPSA) is 7.12 Å². The molecule has 0 aliphatic heterocycles. The molecule has 0 bridgehead atoms. The summed E-state index contributed by atoms with van der Waals surface area (Å²) in [6, 6.07) is 15.1.